The third-order valence-electron chi connectivity index (χ3n) is 8.25. The maximum atomic E-state index is 13.4. The Balaban J connectivity index is 1.36. The minimum atomic E-state index is -0.317. The number of rotatable bonds is 8. The third-order valence-corrected chi connectivity index (χ3v) is 8.25. The Morgan fingerprint density at radius 3 is 2.16 bits per heavy atom. The van der Waals surface area contributed by atoms with Crippen LogP contribution in [0, 0.1) is 0 Å². The van der Waals surface area contributed by atoms with Gasteiger partial charge in [0.25, 0.3) is 5.91 Å². The lowest BCUT2D eigenvalue weighted by Gasteiger charge is -2.24. The highest BCUT2D eigenvalue weighted by atomic mass is 16.5. The normalized spacial score (nSPS) is 13.3. The number of nitrogens with zero attached hydrogens (tertiary/aromatic N) is 1. The van der Waals surface area contributed by atoms with Crippen LogP contribution in [-0.2, 0) is 18.3 Å². The number of urea groups is 1. The average Bonchev–Trinajstić information content (AvgIpc) is 3.53. The van der Waals surface area contributed by atoms with Crippen molar-refractivity contribution in [3.63, 3.8) is 0 Å². The molecule has 2 N–H and O–H groups in total. The highest BCUT2D eigenvalue weighted by Gasteiger charge is 2.21. The second-order valence-corrected chi connectivity index (χ2v) is 12.5. The second-order valence-electron chi connectivity index (χ2n) is 12.5. The van der Waals surface area contributed by atoms with E-state index in [9.17, 15) is 9.59 Å². The van der Waals surface area contributed by atoms with Gasteiger partial charge < -0.3 is 20.3 Å². The van der Waals surface area contributed by atoms with Gasteiger partial charge in [-0.15, -0.1) is 0 Å². The highest BCUT2D eigenvalue weighted by Crippen LogP contribution is 2.36. The van der Waals surface area contributed by atoms with Crippen LogP contribution >= 0.6 is 0 Å². The first-order valence-corrected chi connectivity index (χ1v) is 15.4. The molecule has 43 heavy (non-hydrogen) atoms. The van der Waals surface area contributed by atoms with Gasteiger partial charge in [0.15, 0.2) is 0 Å². The molecule has 4 aromatic carbocycles. The maximum absolute atomic E-state index is 13.4. The molecule has 1 aliphatic heterocycles. The number of nitrogens with one attached hydrogen (secondary N) is 2. The van der Waals surface area contributed by atoms with Crippen molar-refractivity contribution in [3.05, 3.63) is 101 Å². The molecule has 0 unspecified atom stereocenters. The Morgan fingerprint density at radius 2 is 1.51 bits per heavy atom. The van der Waals surface area contributed by atoms with E-state index >= 15 is 0 Å². The first-order chi connectivity index (χ1) is 20.7. The molecule has 4 aromatic rings. The van der Waals surface area contributed by atoms with Crippen molar-refractivity contribution in [3.8, 4) is 5.75 Å². The molecular formula is C37H43N3O3. The number of ether oxygens (including phenoxy) is 1. The van der Waals surface area contributed by atoms with Crippen LogP contribution in [0.3, 0.4) is 0 Å². The quantitative estimate of drug-likeness (QED) is 0.220. The molecule has 0 aromatic heterocycles. The number of methoxy groups -OCH3 is 1. The molecule has 0 spiro atoms. The van der Waals surface area contributed by atoms with Gasteiger partial charge >= 0.3 is 6.03 Å². The Labute approximate surface area is 255 Å². The van der Waals surface area contributed by atoms with Gasteiger partial charge in [-0.2, -0.15) is 0 Å². The van der Waals surface area contributed by atoms with E-state index in [4.69, 9.17) is 4.74 Å². The van der Waals surface area contributed by atoms with Crippen LogP contribution in [0.25, 0.3) is 10.8 Å². The summed E-state index contributed by atoms with van der Waals surface area (Å²) in [6.45, 7) is 10.4. The minimum Gasteiger partial charge on any atom is -0.494 e. The van der Waals surface area contributed by atoms with E-state index in [1.54, 1.807) is 7.11 Å². The van der Waals surface area contributed by atoms with Gasteiger partial charge in [-0.05, 0) is 83.0 Å². The van der Waals surface area contributed by atoms with E-state index in [2.05, 4.69) is 56.5 Å². The molecule has 224 valence electrons. The summed E-state index contributed by atoms with van der Waals surface area (Å²) >= 11 is 0. The molecule has 0 bridgehead atoms. The first kappa shape index (κ1) is 30.1. The fraction of sp³-hybridized carbons (Fsp3) is 0.351. The summed E-state index contributed by atoms with van der Waals surface area (Å²) in [5.41, 5.74) is 6.61. The fourth-order valence-electron chi connectivity index (χ4n) is 5.90. The molecule has 0 saturated carbocycles. The number of hydrogen-bond acceptors (Lipinski definition) is 3. The number of likely N-dealkylation sites (tertiary alicyclic amines) is 1. The number of hydrogen-bond donors (Lipinski definition) is 2. The van der Waals surface area contributed by atoms with Crippen molar-refractivity contribution >= 4 is 34.1 Å². The molecule has 6 heteroatoms. The van der Waals surface area contributed by atoms with Crippen molar-refractivity contribution in [2.45, 2.75) is 65.2 Å². The van der Waals surface area contributed by atoms with E-state index in [0.29, 0.717) is 11.4 Å². The molecular weight excluding hydrogens is 534 g/mol. The van der Waals surface area contributed by atoms with E-state index < -0.39 is 0 Å². The molecule has 3 amide bonds. The number of carbonyl (C=O) groups excluding carboxylic acids is 2. The number of benzene rings is 4. The topological polar surface area (TPSA) is 70.7 Å². The lowest BCUT2D eigenvalue weighted by Crippen LogP contribution is -2.27. The molecule has 0 radical (unpaired) electrons. The number of carbonyl (C=O) groups is 2. The van der Waals surface area contributed by atoms with Gasteiger partial charge in [0, 0.05) is 24.0 Å². The van der Waals surface area contributed by atoms with E-state index in [-0.39, 0.29) is 17.4 Å². The van der Waals surface area contributed by atoms with Crippen molar-refractivity contribution in [1.29, 1.82) is 0 Å². The summed E-state index contributed by atoms with van der Waals surface area (Å²) in [6, 6.07) is 24.0. The summed E-state index contributed by atoms with van der Waals surface area (Å²) in [4.78, 5) is 28.1. The lowest BCUT2D eigenvalue weighted by molar-refractivity contribution is 0.0793. The Morgan fingerprint density at radius 1 is 0.837 bits per heavy atom. The van der Waals surface area contributed by atoms with Gasteiger partial charge in [0.2, 0.25) is 0 Å². The maximum Gasteiger partial charge on any atom is 0.323 e. The molecule has 1 heterocycles. The zero-order chi connectivity index (χ0) is 30.6. The van der Waals surface area contributed by atoms with Gasteiger partial charge in [-0.1, -0.05) is 82.6 Å². The van der Waals surface area contributed by atoms with Crippen LogP contribution in [0.4, 0.5) is 16.2 Å². The van der Waals surface area contributed by atoms with Crippen LogP contribution in [0.1, 0.15) is 79.6 Å². The number of aryl methyl sites for hydroxylation is 1. The Bertz CT molecular complexity index is 1610. The standard InChI is InChI=1S/C37H43N3O3/c1-6-11-28-23-29(37(2,3)4)24-33(34(28)43-5)39-36(42)38-32-19-18-27(30-12-7-8-13-31(30)32)22-25-14-16-26(17-15-25)35(41)40-20-9-10-21-40/h7-8,12-19,23-24H,6,9-11,20-22H2,1-5H3,(H2,38,39,42). The highest BCUT2D eigenvalue weighted by molar-refractivity contribution is 6.07. The van der Waals surface area contributed by atoms with Gasteiger partial charge in [-0.25, -0.2) is 4.79 Å². The zero-order valence-electron chi connectivity index (χ0n) is 26.0. The summed E-state index contributed by atoms with van der Waals surface area (Å²) in [5, 5.41) is 8.20. The largest absolute Gasteiger partial charge is 0.494 e. The van der Waals surface area contributed by atoms with Crippen molar-refractivity contribution in [2.75, 3.05) is 30.8 Å². The first-order valence-electron chi connectivity index (χ1n) is 15.4. The number of anilines is 2. The number of fused-ring (bicyclic) bond motifs is 1. The van der Waals surface area contributed by atoms with E-state index in [1.807, 2.05) is 59.5 Å². The van der Waals surface area contributed by atoms with Crippen molar-refractivity contribution in [2.24, 2.45) is 0 Å². The Hall–Kier alpha value is -4.32. The zero-order valence-corrected chi connectivity index (χ0v) is 26.0. The molecule has 0 aliphatic carbocycles. The molecule has 1 saturated heterocycles. The van der Waals surface area contributed by atoms with Crippen molar-refractivity contribution in [1.82, 2.24) is 4.90 Å². The molecule has 0 atom stereocenters. The SMILES string of the molecule is CCCc1cc(C(C)(C)C)cc(NC(=O)Nc2ccc(Cc3ccc(C(=O)N4CCCC4)cc3)c3ccccc23)c1OC. The summed E-state index contributed by atoms with van der Waals surface area (Å²) in [5.74, 6) is 0.825. The Kier molecular flexibility index (Phi) is 9.05. The summed E-state index contributed by atoms with van der Waals surface area (Å²) in [6.07, 6.45) is 4.74. The van der Waals surface area contributed by atoms with Gasteiger partial charge in [-0.3, -0.25) is 4.79 Å². The summed E-state index contributed by atoms with van der Waals surface area (Å²) in [7, 11) is 1.65. The van der Waals surface area contributed by atoms with Crippen molar-refractivity contribution < 1.29 is 14.3 Å². The lowest BCUT2D eigenvalue weighted by atomic mass is 9.85. The van der Waals surface area contributed by atoms with Crippen LogP contribution in [0.2, 0.25) is 0 Å². The summed E-state index contributed by atoms with van der Waals surface area (Å²) < 4.78 is 5.77. The van der Waals surface area contributed by atoms with Crippen LogP contribution in [0.15, 0.2) is 72.8 Å². The fourth-order valence-corrected chi connectivity index (χ4v) is 5.90. The van der Waals surface area contributed by atoms with E-state index in [1.165, 1.54) is 0 Å². The molecule has 6 nitrogen and oxygen atoms in total. The van der Waals surface area contributed by atoms with Gasteiger partial charge in [0.05, 0.1) is 18.5 Å². The third kappa shape index (κ3) is 6.85. The predicted octanol–water partition coefficient (Wildman–Crippen LogP) is 8.57. The smallest absolute Gasteiger partial charge is 0.323 e. The number of amides is 3. The molecule has 1 fully saturated rings. The van der Waals surface area contributed by atoms with Gasteiger partial charge in [0.1, 0.15) is 5.75 Å². The predicted molar refractivity (Wildman–Crippen MR) is 177 cm³/mol. The molecule has 5 rings (SSSR count). The average molecular weight is 578 g/mol. The second kappa shape index (κ2) is 12.9. The van der Waals surface area contributed by atoms with Crippen LogP contribution in [0.5, 0.6) is 5.75 Å². The molecule has 1 aliphatic rings. The van der Waals surface area contributed by atoms with Crippen LogP contribution in [-0.4, -0.2) is 37.0 Å². The minimum absolute atomic E-state index is 0.0720. The van der Waals surface area contributed by atoms with Crippen LogP contribution < -0.4 is 15.4 Å². The monoisotopic (exact) mass is 577 g/mol. The van der Waals surface area contributed by atoms with E-state index in [0.717, 1.165) is 89.5 Å².